The molecular formula is C24H21NOS. The Bertz CT molecular complexity index is 1040. The summed E-state index contributed by atoms with van der Waals surface area (Å²) in [4.78, 5) is 13.8. The van der Waals surface area contributed by atoms with Crippen molar-refractivity contribution >= 4 is 28.6 Å². The molecule has 2 aromatic carbocycles. The fraction of sp³-hybridized carbons (Fsp3) is 0.250. The van der Waals surface area contributed by atoms with Crippen LogP contribution in [0.3, 0.4) is 0 Å². The van der Waals surface area contributed by atoms with Crippen LogP contribution in [0.1, 0.15) is 54.4 Å². The fourth-order valence-corrected chi connectivity index (χ4v) is 5.01. The average Bonchev–Trinajstić information content (AvgIpc) is 2.99. The predicted octanol–water partition coefficient (Wildman–Crippen LogP) is 5.09. The SMILES string of the molecule is CCc1ccc(C2C3=C(CCCC3=O)NC3=C2C(=S)c2ccccc23)cc1. The third kappa shape index (κ3) is 2.45. The molecule has 3 aliphatic rings. The maximum absolute atomic E-state index is 12.9. The Morgan fingerprint density at radius 1 is 1.00 bits per heavy atom. The summed E-state index contributed by atoms with van der Waals surface area (Å²) in [5.41, 5.74) is 8.97. The Kier molecular flexibility index (Phi) is 3.87. The van der Waals surface area contributed by atoms with Crippen molar-refractivity contribution in [3.63, 3.8) is 0 Å². The van der Waals surface area contributed by atoms with Crippen LogP contribution in [-0.2, 0) is 11.2 Å². The zero-order valence-corrected chi connectivity index (χ0v) is 16.2. The molecule has 0 saturated carbocycles. The number of carbonyl (C=O) groups is 1. The van der Waals surface area contributed by atoms with E-state index in [0.717, 1.165) is 57.8 Å². The summed E-state index contributed by atoms with van der Waals surface area (Å²) in [6.07, 6.45) is 3.49. The van der Waals surface area contributed by atoms with Crippen molar-refractivity contribution in [1.29, 1.82) is 0 Å². The van der Waals surface area contributed by atoms with Crippen LogP contribution >= 0.6 is 12.2 Å². The van der Waals surface area contributed by atoms with Gasteiger partial charge in [-0.2, -0.15) is 0 Å². The molecule has 0 fully saturated rings. The summed E-state index contributed by atoms with van der Waals surface area (Å²) in [7, 11) is 0. The third-order valence-electron chi connectivity index (χ3n) is 5.99. The Morgan fingerprint density at radius 2 is 1.74 bits per heavy atom. The second kappa shape index (κ2) is 6.28. The zero-order valence-electron chi connectivity index (χ0n) is 15.3. The minimum atomic E-state index is -0.0603. The Morgan fingerprint density at radius 3 is 2.48 bits per heavy atom. The van der Waals surface area contributed by atoms with Gasteiger partial charge in [0.1, 0.15) is 0 Å². The molecule has 1 aliphatic heterocycles. The summed E-state index contributed by atoms with van der Waals surface area (Å²) in [5, 5.41) is 3.61. The van der Waals surface area contributed by atoms with Gasteiger partial charge in [0.15, 0.2) is 5.78 Å². The van der Waals surface area contributed by atoms with E-state index in [1.165, 1.54) is 11.1 Å². The molecule has 3 heteroatoms. The highest BCUT2D eigenvalue weighted by Crippen LogP contribution is 2.49. The zero-order chi connectivity index (χ0) is 18.5. The Labute approximate surface area is 165 Å². The molecular weight excluding hydrogens is 350 g/mol. The van der Waals surface area contributed by atoms with Gasteiger partial charge in [-0.25, -0.2) is 0 Å². The number of aryl methyl sites for hydroxylation is 1. The third-order valence-corrected chi connectivity index (χ3v) is 6.43. The monoisotopic (exact) mass is 371 g/mol. The van der Waals surface area contributed by atoms with Crippen molar-refractivity contribution in [3.8, 4) is 0 Å². The van der Waals surface area contributed by atoms with E-state index in [2.05, 4.69) is 54.7 Å². The summed E-state index contributed by atoms with van der Waals surface area (Å²) < 4.78 is 0. The van der Waals surface area contributed by atoms with E-state index < -0.39 is 0 Å². The van der Waals surface area contributed by atoms with Gasteiger partial charge < -0.3 is 5.32 Å². The van der Waals surface area contributed by atoms with Gasteiger partial charge >= 0.3 is 0 Å². The maximum atomic E-state index is 12.9. The normalized spacial score (nSPS) is 21.0. The van der Waals surface area contributed by atoms with Crippen molar-refractivity contribution in [2.75, 3.05) is 0 Å². The van der Waals surface area contributed by atoms with Crippen LogP contribution in [0.4, 0.5) is 0 Å². The molecule has 1 atom stereocenters. The van der Waals surface area contributed by atoms with Gasteiger partial charge in [-0.1, -0.05) is 67.7 Å². The van der Waals surface area contributed by atoms with Crippen LogP contribution in [0.5, 0.6) is 0 Å². The van der Waals surface area contributed by atoms with Gasteiger partial charge in [-0.3, -0.25) is 4.79 Å². The fourth-order valence-electron chi connectivity index (χ4n) is 4.62. The molecule has 0 radical (unpaired) electrons. The van der Waals surface area contributed by atoms with Crippen LogP contribution in [0.15, 0.2) is 65.4 Å². The first-order chi connectivity index (χ1) is 13.2. The number of nitrogens with one attached hydrogen (secondary N) is 1. The lowest BCUT2D eigenvalue weighted by Crippen LogP contribution is -2.31. The number of Topliss-reactive ketones (excluding diaryl/α,β-unsaturated/α-hetero) is 1. The number of allylic oxidation sites excluding steroid dienone is 3. The smallest absolute Gasteiger partial charge is 0.161 e. The van der Waals surface area contributed by atoms with Crippen LogP contribution in [-0.4, -0.2) is 10.6 Å². The minimum Gasteiger partial charge on any atom is -0.358 e. The number of dihydropyridines is 1. The second-order valence-electron chi connectivity index (χ2n) is 7.49. The number of benzene rings is 2. The van der Waals surface area contributed by atoms with Crippen molar-refractivity contribution in [2.45, 2.75) is 38.5 Å². The number of hydrogen-bond donors (Lipinski definition) is 1. The maximum Gasteiger partial charge on any atom is 0.161 e. The van der Waals surface area contributed by atoms with Gasteiger partial charge in [0.2, 0.25) is 0 Å². The number of rotatable bonds is 2. The van der Waals surface area contributed by atoms with Crippen molar-refractivity contribution in [1.82, 2.24) is 5.32 Å². The molecule has 0 aromatic heterocycles. The molecule has 2 aromatic rings. The first-order valence-corrected chi connectivity index (χ1v) is 10.1. The summed E-state index contributed by atoms with van der Waals surface area (Å²) in [6, 6.07) is 17.0. The van der Waals surface area contributed by atoms with Gasteiger partial charge in [0.25, 0.3) is 0 Å². The Hall–Kier alpha value is -2.52. The number of hydrogen-bond acceptors (Lipinski definition) is 3. The molecule has 2 aliphatic carbocycles. The highest BCUT2D eigenvalue weighted by atomic mass is 32.1. The number of thiocarbonyl (C=S) groups is 1. The summed E-state index contributed by atoms with van der Waals surface area (Å²) >= 11 is 5.90. The quantitative estimate of drug-likeness (QED) is 0.746. The van der Waals surface area contributed by atoms with E-state index in [9.17, 15) is 4.79 Å². The molecule has 1 N–H and O–H groups in total. The molecule has 0 saturated heterocycles. The first-order valence-electron chi connectivity index (χ1n) is 9.69. The predicted molar refractivity (Wildman–Crippen MR) is 113 cm³/mol. The largest absolute Gasteiger partial charge is 0.358 e. The molecule has 0 bridgehead atoms. The number of carbonyl (C=O) groups excluding carboxylic acids is 1. The van der Waals surface area contributed by atoms with E-state index in [4.69, 9.17) is 12.2 Å². The van der Waals surface area contributed by atoms with E-state index in [1.807, 2.05) is 6.07 Å². The van der Waals surface area contributed by atoms with Gasteiger partial charge in [0, 0.05) is 40.3 Å². The molecule has 2 nitrogen and oxygen atoms in total. The molecule has 1 heterocycles. The van der Waals surface area contributed by atoms with E-state index in [-0.39, 0.29) is 11.7 Å². The summed E-state index contributed by atoms with van der Waals surface area (Å²) in [6.45, 7) is 2.16. The first kappa shape index (κ1) is 16.6. The number of ketones is 1. The molecule has 134 valence electrons. The lowest BCUT2D eigenvalue weighted by atomic mass is 9.75. The second-order valence-corrected chi connectivity index (χ2v) is 7.89. The van der Waals surface area contributed by atoms with Crippen LogP contribution in [0.25, 0.3) is 5.70 Å². The van der Waals surface area contributed by atoms with E-state index >= 15 is 0 Å². The highest BCUT2D eigenvalue weighted by Gasteiger charge is 2.41. The van der Waals surface area contributed by atoms with Crippen molar-refractivity contribution < 1.29 is 4.79 Å². The lowest BCUT2D eigenvalue weighted by molar-refractivity contribution is -0.116. The molecule has 1 unspecified atom stereocenters. The topological polar surface area (TPSA) is 29.1 Å². The standard InChI is InChI=1S/C24H21NOS/c1-2-14-10-12-15(13-11-14)20-21-18(8-5-9-19(21)26)25-23-16-6-3-4-7-17(16)24(27)22(20)23/h3-4,6-7,10-13,20,25H,2,5,8-9H2,1H3. The number of fused-ring (bicyclic) bond motifs is 2. The molecule has 0 spiro atoms. The van der Waals surface area contributed by atoms with Crippen molar-refractivity contribution in [2.24, 2.45) is 0 Å². The van der Waals surface area contributed by atoms with Gasteiger partial charge in [-0.15, -0.1) is 0 Å². The highest BCUT2D eigenvalue weighted by molar-refractivity contribution is 7.81. The van der Waals surface area contributed by atoms with E-state index in [1.54, 1.807) is 0 Å². The minimum absolute atomic E-state index is 0.0603. The van der Waals surface area contributed by atoms with Crippen LogP contribution in [0, 0.1) is 0 Å². The van der Waals surface area contributed by atoms with Crippen LogP contribution in [0.2, 0.25) is 0 Å². The van der Waals surface area contributed by atoms with E-state index in [0.29, 0.717) is 6.42 Å². The Balaban J connectivity index is 1.72. The average molecular weight is 372 g/mol. The van der Waals surface area contributed by atoms with Gasteiger partial charge in [0.05, 0.1) is 10.6 Å². The van der Waals surface area contributed by atoms with Gasteiger partial charge in [-0.05, 0) is 30.4 Å². The molecule has 27 heavy (non-hydrogen) atoms. The molecule has 0 amide bonds. The molecule has 5 rings (SSSR count). The lowest BCUT2D eigenvalue weighted by Gasteiger charge is -2.34. The summed E-state index contributed by atoms with van der Waals surface area (Å²) in [5.74, 6) is 0.202. The van der Waals surface area contributed by atoms with Crippen molar-refractivity contribution in [3.05, 3.63) is 87.6 Å². The van der Waals surface area contributed by atoms with Crippen LogP contribution < -0.4 is 5.32 Å².